The molecular formula is C21H19Cl2N3O2. The monoisotopic (exact) mass is 415 g/mol. The Hall–Kier alpha value is -2.37. The lowest BCUT2D eigenvalue weighted by molar-refractivity contribution is -0.146. The summed E-state index contributed by atoms with van der Waals surface area (Å²) < 4.78 is 4.89. The number of aromatic nitrogens is 2. The van der Waals surface area contributed by atoms with Gasteiger partial charge in [-0.05, 0) is 42.2 Å². The summed E-state index contributed by atoms with van der Waals surface area (Å²) in [5.41, 5.74) is 2.82. The van der Waals surface area contributed by atoms with Gasteiger partial charge in [-0.1, -0.05) is 41.4 Å². The summed E-state index contributed by atoms with van der Waals surface area (Å²) in [4.78, 5) is 23.1. The van der Waals surface area contributed by atoms with E-state index in [1.165, 1.54) is 7.11 Å². The van der Waals surface area contributed by atoms with Gasteiger partial charge in [-0.2, -0.15) is 0 Å². The highest BCUT2D eigenvalue weighted by Gasteiger charge is 2.27. The molecule has 1 fully saturated rings. The Morgan fingerprint density at radius 3 is 2.61 bits per heavy atom. The van der Waals surface area contributed by atoms with Crippen molar-refractivity contribution in [1.29, 1.82) is 0 Å². The summed E-state index contributed by atoms with van der Waals surface area (Å²) in [7, 11) is 1.44. The molecule has 2 aromatic carbocycles. The number of hydrogen-bond acceptors (Lipinski definition) is 5. The van der Waals surface area contributed by atoms with E-state index in [0.29, 0.717) is 10.0 Å². The molecule has 0 N–H and O–H groups in total. The Bertz CT molecular complexity index is 1030. The minimum Gasteiger partial charge on any atom is -0.469 e. The number of fused-ring (bicyclic) bond motifs is 1. The van der Waals surface area contributed by atoms with Gasteiger partial charge in [0.2, 0.25) is 0 Å². The molecule has 1 saturated heterocycles. The summed E-state index contributed by atoms with van der Waals surface area (Å²) >= 11 is 12.3. The van der Waals surface area contributed by atoms with Gasteiger partial charge in [-0.3, -0.25) is 4.79 Å². The molecule has 4 rings (SSSR count). The van der Waals surface area contributed by atoms with E-state index >= 15 is 0 Å². The SMILES string of the molecule is COC(=O)C1CCN(c2ncnc3cccc(-c4ccc(Cl)c(Cl)c4)c23)CC1. The average Bonchev–Trinajstić information content (AvgIpc) is 2.74. The van der Waals surface area contributed by atoms with Crippen LogP contribution < -0.4 is 4.90 Å². The van der Waals surface area contributed by atoms with Crippen molar-refractivity contribution in [3.8, 4) is 11.1 Å². The highest BCUT2D eigenvalue weighted by atomic mass is 35.5. The topological polar surface area (TPSA) is 55.3 Å². The minimum absolute atomic E-state index is 0.0520. The Morgan fingerprint density at radius 1 is 1.11 bits per heavy atom. The molecule has 2 heterocycles. The van der Waals surface area contributed by atoms with Gasteiger partial charge in [-0.25, -0.2) is 9.97 Å². The first-order chi connectivity index (χ1) is 13.6. The molecule has 5 nitrogen and oxygen atoms in total. The summed E-state index contributed by atoms with van der Waals surface area (Å²) in [5.74, 6) is 0.683. The first kappa shape index (κ1) is 19.0. The standard InChI is InChI=1S/C21H19Cl2N3O2/c1-28-21(27)13-7-9-26(10-8-13)20-19-15(3-2-4-18(19)24-12-25-20)14-5-6-16(22)17(23)11-14/h2-6,11-13H,7-10H2,1H3. The molecule has 1 aromatic heterocycles. The van der Waals surface area contributed by atoms with E-state index in [1.54, 1.807) is 12.4 Å². The van der Waals surface area contributed by atoms with Crippen molar-refractivity contribution in [2.75, 3.05) is 25.1 Å². The molecule has 0 aliphatic carbocycles. The van der Waals surface area contributed by atoms with Crippen LogP contribution in [0.3, 0.4) is 0 Å². The number of halogens is 2. The highest BCUT2D eigenvalue weighted by Crippen LogP contribution is 2.37. The zero-order valence-corrected chi connectivity index (χ0v) is 16.9. The lowest BCUT2D eigenvalue weighted by Gasteiger charge is -2.32. The van der Waals surface area contributed by atoms with Crippen LogP contribution in [0.4, 0.5) is 5.82 Å². The smallest absolute Gasteiger partial charge is 0.308 e. The van der Waals surface area contributed by atoms with Crippen LogP contribution in [0.1, 0.15) is 12.8 Å². The molecule has 3 aromatic rings. The van der Waals surface area contributed by atoms with Crippen LogP contribution in [0.25, 0.3) is 22.0 Å². The normalized spacial score (nSPS) is 15.0. The summed E-state index contributed by atoms with van der Waals surface area (Å²) in [5, 5.41) is 2.00. The van der Waals surface area contributed by atoms with Gasteiger partial charge in [-0.15, -0.1) is 0 Å². The van der Waals surface area contributed by atoms with Gasteiger partial charge in [0.05, 0.1) is 34.0 Å². The van der Waals surface area contributed by atoms with Crippen molar-refractivity contribution >= 4 is 45.9 Å². The van der Waals surface area contributed by atoms with Crippen LogP contribution in [0.5, 0.6) is 0 Å². The van der Waals surface area contributed by atoms with Crippen molar-refractivity contribution in [1.82, 2.24) is 9.97 Å². The third-order valence-electron chi connectivity index (χ3n) is 5.20. The third kappa shape index (κ3) is 3.52. The fourth-order valence-electron chi connectivity index (χ4n) is 3.73. The average molecular weight is 416 g/mol. The Labute approximate surface area is 173 Å². The van der Waals surface area contributed by atoms with Gasteiger partial charge >= 0.3 is 5.97 Å². The third-order valence-corrected chi connectivity index (χ3v) is 5.94. The molecule has 0 saturated carbocycles. The molecule has 0 bridgehead atoms. The van der Waals surface area contributed by atoms with Gasteiger partial charge in [0.1, 0.15) is 12.1 Å². The van der Waals surface area contributed by atoms with E-state index in [-0.39, 0.29) is 11.9 Å². The van der Waals surface area contributed by atoms with Crippen molar-refractivity contribution in [3.63, 3.8) is 0 Å². The van der Waals surface area contributed by atoms with Crippen LogP contribution in [-0.4, -0.2) is 36.1 Å². The molecule has 0 unspecified atom stereocenters. The van der Waals surface area contributed by atoms with Crippen LogP contribution in [0.15, 0.2) is 42.7 Å². The van der Waals surface area contributed by atoms with Crippen LogP contribution in [0.2, 0.25) is 10.0 Å². The molecule has 1 aliphatic rings. The van der Waals surface area contributed by atoms with E-state index in [9.17, 15) is 4.79 Å². The highest BCUT2D eigenvalue weighted by molar-refractivity contribution is 6.42. The summed E-state index contributed by atoms with van der Waals surface area (Å²) in [6, 6.07) is 11.6. The maximum atomic E-state index is 11.8. The molecule has 7 heteroatoms. The number of benzene rings is 2. The number of piperidine rings is 1. The van der Waals surface area contributed by atoms with Crippen LogP contribution in [0, 0.1) is 5.92 Å². The van der Waals surface area contributed by atoms with Crippen LogP contribution in [-0.2, 0) is 9.53 Å². The second-order valence-electron chi connectivity index (χ2n) is 6.81. The molecule has 0 atom stereocenters. The van der Waals surface area contributed by atoms with E-state index in [1.807, 2.05) is 30.3 Å². The number of carbonyl (C=O) groups excluding carboxylic acids is 1. The van der Waals surface area contributed by atoms with Crippen molar-refractivity contribution in [2.45, 2.75) is 12.8 Å². The first-order valence-corrected chi connectivity index (χ1v) is 9.86. The number of hydrogen-bond donors (Lipinski definition) is 0. The Kier molecular flexibility index (Phi) is 5.38. The molecule has 0 amide bonds. The Morgan fingerprint density at radius 2 is 1.89 bits per heavy atom. The lowest BCUT2D eigenvalue weighted by atomic mass is 9.96. The van der Waals surface area contributed by atoms with E-state index < -0.39 is 0 Å². The Balaban J connectivity index is 1.76. The van der Waals surface area contributed by atoms with E-state index in [2.05, 4.69) is 14.9 Å². The molecule has 0 radical (unpaired) electrons. The fourth-order valence-corrected chi connectivity index (χ4v) is 4.03. The first-order valence-electron chi connectivity index (χ1n) is 9.10. The van der Waals surface area contributed by atoms with E-state index in [0.717, 1.165) is 53.8 Å². The number of esters is 1. The second-order valence-corrected chi connectivity index (χ2v) is 7.62. The van der Waals surface area contributed by atoms with Crippen molar-refractivity contribution in [2.24, 2.45) is 5.92 Å². The number of anilines is 1. The number of ether oxygens (including phenoxy) is 1. The molecule has 28 heavy (non-hydrogen) atoms. The van der Waals surface area contributed by atoms with Crippen LogP contribution >= 0.6 is 23.2 Å². The number of carbonyl (C=O) groups is 1. The maximum absolute atomic E-state index is 11.8. The number of nitrogens with zero attached hydrogens (tertiary/aromatic N) is 3. The largest absolute Gasteiger partial charge is 0.469 e. The lowest BCUT2D eigenvalue weighted by Crippen LogP contribution is -2.37. The predicted octanol–water partition coefficient (Wildman–Crippen LogP) is 4.99. The van der Waals surface area contributed by atoms with Gasteiger partial charge in [0.15, 0.2) is 0 Å². The minimum atomic E-state index is -0.135. The van der Waals surface area contributed by atoms with Crippen molar-refractivity contribution < 1.29 is 9.53 Å². The number of rotatable bonds is 3. The van der Waals surface area contributed by atoms with E-state index in [4.69, 9.17) is 27.9 Å². The zero-order valence-electron chi connectivity index (χ0n) is 15.4. The number of methoxy groups -OCH3 is 1. The predicted molar refractivity (Wildman–Crippen MR) is 112 cm³/mol. The quantitative estimate of drug-likeness (QED) is 0.563. The summed E-state index contributed by atoms with van der Waals surface area (Å²) in [6.45, 7) is 1.48. The fraction of sp³-hybridized carbons (Fsp3) is 0.286. The molecule has 0 spiro atoms. The second kappa shape index (κ2) is 7.94. The molecule has 144 valence electrons. The zero-order chi connectivity index (χ0) is 19.7. The van der Waals surface area contributed by atoms with Gasteiger partial charge < -0.3 is 9.64 Å². The molecular weight excluding hydrogens is 397 g/mol. The van der Waals surface area contributed by atoms with Crippen molar-refractivity contribution in [3.05, 3.63) is 52.8 Å². The van der Waals surface area contributed by atoms with Gasteiger partial charge in [0.25, 0.3) is 0 Å². The molecule has 1 aliphatic heterocycles. The van der Waals surface area contributed by atoms with Gasteiger partial charge in [0, 0.05) is 13.1 Å². The maximum Gasteiger partial charge on any atom is 0.308 e. The summed E-state index contributed by atoms with van der Waals surface area (Å²) in [6.07, 6.45) is 3.07.